The Balaban J connectivity index is 1.97. The third-order valence-electron chi connectivity index (χ3n) is 3.98. The number of alkyl halides is 3. The highest BCUT2D eigenvalue weighted by atomic mass is 35.5. The molecule has 0 bridgehead atoms. The number of rotatable bonds is 3. The lowest BCUT2D eigenvalue weighted by atomic mass is 10.1. The average molecular weight is 394 g/mol. The first-order valence-electron chi connectivity index (χ1n) is 8.28. The summed E-state index contributed by atoms with van der Waals surface area (Å²) in [6, 6.07) is 0.877. The summed E-state index contributed by atoms with van der Waals surface area (Å²) >= 11 is 5.98. The Kier molecular flexibility index (Phi) is 5.95. The summed E-state index contributed by atoms with van der Waals surface area (Å²) < 4.78 is 43.5. The smallest absolute Gasteiger partial charge is 0.417 e. The Morgan fingerprint density at radius 2 is 2.08 bits per heavy atom. The second-order valence-corrected chi connectivity index (χ2v) is 7.90. The van der Waals surface area contributed by atoms with Gasteiger partial charge in [0.25, 0.3) is 0 Å². The summed E-state index contributed by atoms with van der Waals surface area (Å²) in [7, 11) is 1.72. The Labute approximate surface area is 156 Å². The molecule has 1 aromatic rings. The molecule has 0 unspecified atom stereocenters. The van der Waals surface area contributed by atoms with Crippen LogP contribution >= 0.6 is 11.6 Å². The molecule has 1 aromatic heterocycles. The Morgan fingerprint density at radius 3 is 2.62 bits per heavy atom. The molecule has 0 saturated carbocycles. The van der Waals surface area contributed by atoms with Gasteiger partial charge in [-0.15, -0.1) is 0 Å². The molecule has 5 nitrogen and oxygen atoms in total. The molecule has 146 valence electrons. The summed E-state index contributed by atoms with van der Waals surface area (Å²) in [6.45, 7) is 7.07. The van der Waals surface area contributed by atoms with Crippen molar-refractivity contribution in [3.8, 4) is 0 Å². The number of hydrogen-bond acceptors (Lipinski definition) is 4. The maximum atomic E-state index is 12.7. The van der Waals surface area contributed by atoms with Gasteiger partial charge in [-0.1, -0.05) is 11.6 Å². The Morgan fingerprint density at radius 1 is 1.42 bits per heavy atom. The second-order valence-electron chi connectivity index (χ2n) is 7.49. The minimum absolute atomic E-state index is 0.0516. The van der Waals surface area contributed by atoms with Crippen molar-refractivity contribution in [3.63, 3.8) is 0 Å². The number of amides is 1. The molecule has 0 aromatic carbocycles. The van der Waals surface area contributed by atoms with Crippen LogP contribution in [0.2, 0.25) is 5.02 Å². The first-order chi connectivity index (χ1) is 11.9. The van der Waals surface area contributed by atoms with Gasteiger partial charge in [-0.2, -0.15) is 13.2 Å². The van der Waals surface area contributed by atoms with Gasteiger partial charge in [0, 0.05) is 32.9 Å². The van der Waals surface area contributed by atoms with Gasteiger partial charge in [-0.25, -0.2) is 9.78 Å². The predicted molar refractivity (Wildman–Crippen MR) is 93.4 cm³/mol. The normalized spacial score (nSPS) is 18.2. The predicted octanol–water partition coefficient (Wildman–Crippen LogP) is 4.45. The van der Waals surface area contributed by atoms with E-state index >= 15 is 0 Å². The van der Waals surface area contributed by atoms with Gasteiger partial charge in [0.2, 0.25) is 0 Å². The van der Waals surface area contributed by atoms with Gasteiger partial charge < -0.3 is 14.5 Å². The van der Waals surface area contributed by atoms with E-state index in [1.165, 1.54) is 0 Å². The zero-order valence-electron chi connectivity index (χ0n) is 15.2. The molecule has 1 aliphatic rings. The van der Waals surface area contributed by atoms with Crippen LogP contribution < -0.4 is 4.90 Å². The number of pyridine rings is 1. The SMILES string of the molecule is CN(C[C@@H]1CCN(C(=O)OC(C)(C)C)C1)c1ncc(C(F)(F)F)cc1Cl. The molecule has 2 heterocycles. The number of halogens is 4. The molecule has 2 rings (SSSR count). The van der Waals surface area contributed by atoms with E-state index in [2.05, 4.69) is 4.98 Å². The van der Waals surface area contributed by atoms with Gasteiger partial charge in [-0.3, -0.25) is 0 Å². The molecule has 1 fully saturated rings. The van der Waals surface area contributed by atoms with E-state index in [4.69, 9.17) is 16.3 Å². The molecule has 1 aliphatic heterocycles. The van der Waals surface area contributed by atoms with Crippen LogP contribution in [0.5, 0.6) is 0 Å². The number of anilines is 1. The maximum Gasteiger partial charge on any atom is 0.417 e. The van der Waals surface area contributed by atoms with Crippen LogP contribution in [0.1, 0.15) is 32.8 Å². The third kappa shape index (κ3) is 5.40. The number of nitrogens with zero attached hydrogens (tertiary/aromatic N) is 3. The number of aromatic nitrogens is 1. The maximum absolute atomic E-state index is 12.7. The molecule has 1 amide bonds. The molecule has 0 aliphatic carbocycles. The van der Waals surface area contributed by atoms with Crippen molar-refractivity contribution in [1.82, 2.24) is 9.88 Å². The summed E-state index contributed by atoms with van der Waals surface area (Å²) in [4.78, 5) is 19.3. The van der Waals surface area contributed by atoms with Gasteiger partial charge >= 0.3 is 12.3 Å². The van der Waals surface area contributed by atoms with Crippen LogP contribution in [0.3, 0.4) is 0 Å². The number of carbonyl (C=O) groups excluding carboxylic acids is 1. The lowest BCUT2D eigenvalue weighted by Crippen LogP contribution is -2.36. The van der Waals surface area contributed by atoms with E-state index in [1.807, 2.05) is 20.8 Å². The Hall–Kier alpha value is -1.70. The van der Waals surface area contributed by atoms with E-state index in [9.17, 15) is 18.0 Å². The monoisotopic (exact) mass is 393 g/mol. The third-order valence-corrected chi connectivity index (χ3v) is 4.26. The molecule has 0 radical (unpaired) electrons. The molecule has 1 saturated heterocycles. The van der Waals surface area contributed by atoms with Crippen LogP contribution in [0, 0.1) is 5.92 Å². The quantitative estimate of drug-likeness (QED) is 0.761. The average Bonchev–Trinajstić information content (AvgIpc) is 2.92. The summed E-state index contributed by atoms with van der Waals surface area (Å²) in [6.07, 6.45) is -3.28. The van der Waals surface area contributed by atoms with E-state index < -0.39 is 17.3 Å². The number of hydrogen-bond donors (Lipinski definition) is 0. The number of carbonyl (C=O) groups is 1. The number of ether oxygens (including phenoxy) is 1. The van der Waals surface area contributed by atoms with Gasteiger partial charge in [0.1, 0.15) is 11.4 Å². The van der Waals surface area contributed by atoms with Crippen molar-refractivity contribution in [2.24, 2.45) is 5.92 Å². The molecule has 0 spiro atoms. The molecule has 1 atom stereocenters. The molecule has 0 N–H and O–H groups in total. The lowest BCUT2D eigenvalue weighted by Gasteiger charge is -2.25. The minimum atomic E-state index is -4.48. The van der Waals surface area contributed by atoms with Crippen molar-refractivity contribution in [2.45, 2.75) is 39.0 Å². The van der Waals surface area contributed by atoms with Gasteiger partial charge in [0.15, 0.2) is 0 Å². The standard InChI is InChI=1S/C17H23ClF3N3O2/c1-16(2,3)26-15(25)24-6-5-11(10-24)9-23(4)14-13(18)7-12(8-22-14)17(19,20)21/h7-8,11H,5-6,9-10H2,1-4H3/t11-/m0/s1. The van der Waals surface area contributed by atoms with Crippen molar-refractivity contribution in [1.29, 1.82) is 0 Å². The topological polar surface area (TPSA) is 45.7 Å². The first kappa shape index (κ1) is 20.6. The number of likely N-dealkylation sites (tertiary alicyclic amines) is 1. The van der Waals surface area contributed by atoms with E-state index in [1.54, 1.807) is 16.8 Å². The zero-order valence-corrected chi connectivity index (χ0v) is 16.0. The summed E-state index contributed by atoms with van der Waals surface area (Å²) in [5.41, 5.74) is -1.43. The summed E-state index contributed by atoms with van der Waals surface area (Å²) in [5.74, 6) is 0.447. The van der Waals surface area contributed by atoms with Crippen LogP contribution in [0.15, 0.2) is 12.3 Å². The van der Waals surface area contributed by atoms with Crippen molar-refractivity contribution in [3.05, 3.63) is 22.8 Å². The highest BCUT2D eigenvalue weighted by molar-refractivity contribution is 6.33. The lowest BCUT2D eigenvalue weighted by molar-refractivity contribution is -0.137. The van der Waals surface area contributed by atoms with Crippen molar-refractivity contribution in [2.75, 3.05) is 31.6 Å². The molecule has 26 heavy (non-hydrogen) atoms. The van der Waals surface area contributed by atoms with Crippen LogP contribution in [-0.4, -0.2) is 48.3 Å². The van der Waals surface area contributed by atoms with Crippen molar-refractivity contribution < 1.29 is 22.7 Å². The van der Waals surface area contributed by atoms with Crippen molar-refractivity contribution >= 4 is 23.5 Å². The summed E-state index contributed by atoms with van der Waals surface area (Å²) in [5, 5.41) is -0.0516. The molecule has 9 heteroatoms. The zero-order chi connectivity index (χ0) is 19.7. The van der Waals surface area contributed by atoms with Crippen LogP contribution in [0.4, 0.5) is 23.8 Å². The largest absolute Gasteiger partial charge is 0.444 e. The van der Waals surface area contributed by atoms with Crippen LogP contribution in [-0.2, 0) is 10.9 Å². The second kappa shape index (κ2) is 7.50. The highest BCUT2D eigenvalue weighted by Crippen LogP contribution is 2.33. The fraction of sp³-hybridized carbons (Fsp3) is 0.647. The van der Waals surface area contributed by atoms with E-state index in [0.717, 1.165) is 18.7 Å². The van der Waals surface area contributed by atoms with E-state index in [-0.39, 0.29) is 22.9 Å². The Bertz CT molecular complexity index is 662. The van der Waals surface area contributed by atoms with E-state index in [0.29, 0.717) is 19.6 Å². The minimum Gasteiger partial charge on any atom is -0.444 e. The molecular weight excluding hydrogens is 371 g/mol. The highest BCUT2D eigenvalue weighted by Gasteiger charge is 2.33. The first-order valence-corrected chi connectivity index (χ1v) is 8.66. The molecular formula is C17H23ClF3N3O2. The fourth-order valence-corrected chi connectivity index (χ4v) is 3.12. The van der Waals surface area contributed by atoms with Gasteiger partial charge in [-0.05, 0) is 39.2 Å². The van der Waals surface area contributed by atoms with Crippen LogP contribution in [0.25, 0.3) is 0 Å². The fourth-order valence-electron chi connectivity index (χ4n) is 2.81. The van der Waals surface area contributed by atoms with Gasteiger partial charge in [0.05, 0.1) is 10.6 Å².